The first-order valence-corrected chi connectivity index (χ1v) is 7.51. The lowest BCUT2D eigenvalue weighted by Gasteiger charge is -2.15. The van der Waals surface area contributed by atoms with E-state index in [9.17, 15) is 5.11 Å². The molecule has 0 saturated carbocycles. The van der Waals surface area contributed by atoms with Crippen molar-refractivity contribution >= 4 is 0 Å². The van der Waals surface area contributed by atoms with E-state index in [0.717, 1.165) is 6.54 Å². The van der Waals surface area contributed by atoms with Crippen LogP contribution in [0.5, 0.6) is 0 Å². The number of nitrogens with one attached hydrogen (secondary N) is 1. The fourth-order valence-corrected chi connectivity index (χ4v) is 2.34. The number of ether oxygens (including phenoxy) is 1. The SMILES string of the molecule is CCCCCCCCCNC[C@@H]1OC[C@H](N)[C@H]1O. The third-order valence-electron chi connectivity index (χ3n) is 3.62. The van der Waals surface area contributed by atoms with E-state index in [-0.39, 0.29) is 12.1 Å². The van der Waals surface area contributed by atoms with Crippen LogP contribution in [0.25, 0.3) is 0 Å². The van der Waals surface area contributed by atoms with Crippen molar-refractivity contribution in [2.24, 2.45) is 5.73 Å². The highest BCUT2D eigenvalue weighted by Gasteiger charge is 2.32. The van der Waals surface area contributed by atoms with Crippen LogP contribution in [0.3, 0.4) is 0 Å². The van der Waals surface area contributed by atoms with Gasteiger partial charge < -0.3 is 20.9 Å². The predicted octanol–water partition coefficient (Wildman–Crippen LogP) is 1.41. The molecule has 1 rings (SSSR count). The summed E-state index contributed by atoms with van der Waals surface area (Å²) in [5, 5.41) is 13.0. The number of unbranched alkanes of at least 4 members (excludes halogenated alkanes) is 6. The molecule has 0 aromatic carbocycles. The monoisotopic (exact) mass is 258 g/mol. The van der Waals surface area contributed by atoms with E-state index in [1.807, 2.05) is 0 Å². The second kappa shape index (κ2) is 9.73. The summed E-state index contributed by atoms with van der Waals surface area (Å²) in [6.45, 7) is 4.45. The van der Waals surface area contributed by atoms with Crippen LogP contribution >= 0.6 is 0 Å². The zero-order chi connectivity index (χ0) is 13.2. The molecule has 108 valence electrons. The van der Waals surface area contributed by atoms with E-state index in [4.69, 9.17) is 10.5 Å². The summed E-state index contributed by atoms with van der Waals surface area (Å²) in [6, 6.07) is -0.213. The van der Waals surface area contributed by atoms with Crippen LogP contribution in [0.15, 0.2) is 0 Å². The summed E-state index contributed by atoms with van der Waals surface area (Å²) in [7, 11) is 0. The molecule has 4 N–H and O–H groups in total. The molecule has 18 heavy (non-hydrogen) atoms. The molecule has 1 aliphatic heterocycles. The first-order chi connectivity index (χ1) is 8.75. The quantitative estimate of drug-likeness (QED) is 0.518. The molecule has 0 spiro atoms. The number of aliphatic hydroxyl groups excluding tert-OH is 1. The highest BCUT2D eigenvalue weighted by molar-refractivity contribution is 4.87. The number of hydrogen-bond donors (Lipinski definition) is 3. The summed E-state index contributed by atoms with van der Waals surface area (Å²) in [5.41, 5.74) is 5.68. The highest BCUT2D eigenvalue weighted by atomic mass is 16.5. The van der Waals surface area contributed by atoms with Crippen molar-refractivity contribution in [1.82, 2.24) is 5.32 Å². The maximum atomic E-state index is 9.69. The van der Waals surface area contributed by atoms with Crippen molar-refractivity contribution in [3.05, 3.63) is 0 Å². The van der Waals surface area contributed by atoms with E-state index in [1.54, 1.807) is 0 Å². The van der Waals surface area contributed by atoms with Gasteiger partial charge in [0, 0.05) is 6.54 Å². The van der Waals surface area contributed by atoms with Crippen molar-refractivity contribution in [1.29, 1.82) is 0 Å². The van der Waals surface area contributed by atoms with Gasteiger partial charge >= 0.3 is 0 Å². The van der Waals surface area contributed by atoms with Crippen LogP contribution in [0.4, 0.5) is 0 Å². The molecule has 0 amide bonds. The molecule has 3 atom stereocenters. The summed E-state index contributed by atoms with van der Waals surface area (Å²) in [6.07, 6.45) is 8.65. The lowest BCUT2D eigenvalue weighted by molar-refractivity contribution is 0.0419. The van der Waals surface area contributed by atoms with Crippen molar-refractivity contribution in [3.8, 4) is 0 Å². The molecule has 1 fully saturated rings. The summed E-state index contributed by atoms with van der Waals surface area (Å²) in [5.74, 6) is 0. The van der Waals surface area contributed by atoms with Crippen LogP contribution in [0, 0.1) is 0 Å². The average Bonchev–Trinajstić information content (AvgIpc) is 2.68. The summed E-state index contributed by atoms with van der Waals surface area (Å²) in [4.78, 5) is 0. The maximum Gasteiger partial charge on any atom is 0.0987 e. The second-order valence-electron chi connectivity index (χ2n) is 5.35. The smallest absolute Gasteiger partial charge is 0.0987 e. The molecule has 0 unspecified atom stereocenters. The maximum absolute atomic E-state index is 9.69. The minimum absolute atomic E-state index is 0.121. The molecule has 0 bridgehead atoms. The van der Waals surface area contributed by atoms with E-state index in [2.05, 4.69) is 12.2 Å². The zero-order valence-corrected chi connectivity index (χ0v) is 11.7. The lowest BCUT2D eigenvalue weighted by atomic mass is 10.1. The lowest BCUT2D eigenvalue weighted by Crippen LogP contribution is -2.41. The normalized spacial score (nSPS) is 27.8. The van der Waals surface area contributed by atoms with Gasteiger partial charge in [0.05, 0.1) is 24.9 Å². The topological polar surface area (TPSA) is 67.5 Å². The molecular formula is C14H30N2O2. The van der Waals surface area contributed by atoms with Gasteiger partial charge in [-0.25, -0.2) is 0 Å². The molecule has 1 heterocycles. The van der Waals surface area contributed by atoms with E-state index < -0.39 is 6.10 Å². The Kier molecular flexibility index (Phi) is 8.59. The van der Waals surface area contributed by atoms with E-state index in [0.29, 0.717) is 13.2 Å². The minimum atomic E-state index is -0.508. The van der Waals surface area contributed by atoms with Gasteiger partial charge in [-0.2, -0.15) is 0 Å². The van der Waals surface area contributed by atoms with Gasteiger partial charge in [0.2, 0.25) is 0 Å². The van der Waals surface area contributed by atoms with Gasteiger partial charge in [-0.3, -0.25) is 0 Å². The van der Waals surface area contributed by atoms with Gasteiger partial charge in [-0.05, 0) is 13.0 Å². The summed E-state index contributed by atoms with van der Waals surface area (Å²) < 4.78 is 5.41. The third-order valence-corrected chi connectivity index (χ3v) is 3.62. The van der Waals surface area contributed by atoms with Gasteiger partial charge in [-0.1, -0.05) is 45.4 Å². The fraction of sp³-hybridized carbons (Fsp3) is 1.00. The Morgan fingerprint density at radius 3 is 2.44 bits per heavy atom. The first kappa shape index (κ1) is 15.9. The van der Waals surface area contributed by atoms with E-state index in [1.165, 1.54) is 44.9 Å². The molecule has 4 heteroatoms. The second-order valence-corrected chi connectivity index (χ2v) is 5.35. The van der Waals surface area contributed by atoms with Gasteiger partial charge in [0.15, 0.2) is 0 Å². The Bertz CT molecular complexity index is 202. The summed E-state index contributed by atoms with van der Waals surface area (Å²) >= 11 is 0. The van der Waals surface area contributed by atoms with Crippen molar-refractivity contribution < 1.29 is 9.84 Å². The Balaban J connectivity index is 1.84. The number of aliphatic hydroxyl groups is 1. The minimum Gasteiger partial charge on any atom is -0.389 e. The molecular weight excluding hydrogens is 228 g/mol. The molecule has 1 aliphatic rings. The van der Waals surface area contributed by atoms with Gasteiger partial charge in [-0.15, -0.1) is 0 Å². The van der Waals surface area contributed by atoms with Crippen LogP contribution in [0.1, 0.15) is 51.9 Å². The zero-order valence-electron chi connectivity index (χ0n) is 11.7. The van der Waals surface area contributed by atoms with Gasteiger partial charge in [0.1, 0.15) is 0 Å². The predicted molar refractivity (Wildman–Crippen MR) is 74.6 cm³/mol. The molecule has 0 aromatic heterocycles. The molecule has 0 aliphatic carbocycles. The highest BCUT2D eigenvalue weighted by Crippen LogP contribution is 2.11. The van der Waals surface area contributed by atoms with Crippen molar-refractivity contribution in [3.63, 3.8) is 0 Å². The number of rotatable bonds is 10. The van der Waals surface area contributed by atoms with E-state index >= 15 is 0 Å². The standard InChI is InChI=1S/C14H30N2O2/c1-2-3-4-5-6-7-8-9-16-10-13-14(17)12(15)11-18-13/h12-14,16-17H,2-11,15H2,1H3/t12-,13-,14+/m0/s1. The molecule has 4 nitrogen and oxygen atoms in total. The largest absolute Gasteiger partial charge is 0.389 e. The van der Waals surface area contributed by atoms with Crippen molar-refractivity contribution in [2.45, 2.75) is 70.1 Å². The Labute approximate surface area is 111 Å². The Morgan fingerprint density at radius 2 is 1.83 bits per heavy atom. The van der Waals surface area contributed by atoms with Gasteiger partial charge in [0.25, 0.3) is 0 Å². The average molecular weight is 258 g/mol. The fourth-order valence-electron chi connectivity index (χ4n) is 2.34. The van der Waals surface area contributed by atoms with Crippen LogP contribution in [-0.2, 0) is 4.74 Å². The number of hydrogen-bond acceptors (Lipinski definition) is 4. The van der Waals surface area contributed by atoms with Crippen LogP contribution < -0.4 is 11.1 Å². The van der Waals surface area contributed by atoms with Crippen molar-refractivity contribution in [2.75, 3.05) is 19.7 Å². The Morgan fingerprint density at radius 1 is 1.17 bits per heavy atom. The molecule has 0 radical (unpaired) electrons. The molecule has 1 saturated heterocycles. The molecule has 0 aromatic rings. The number of nitrogens with two attached hydrogens (primary N) is 1. The third kappa shape index (κ3) is 6.14. The van der Waals surface area contributed by atoms with Crippen LogP contribution in [0.2, 0.25) is 0 Å². The van der Waals surface area contributed by atoms with Crippen LogP contribution in [-0.4, -0.2) is 43.1 Å². The Hall–Kier alpha value is -0.160. The first-order valence-electron chi connectivity index (χ1n) is 7.51.